The molecule has 0 aromatic carbocycles. The number of halogens is 1. The van der Waals surface area contributed by atoms with Crippen LogP contribution in [0.5, 0.6) is 0 Å². The minimum Gasteiger partial charge on any atom is -0.142 e. The number of hydrogen-bond donors (Lipinski definition) is 0. The van der Waals surface area contributed by atoms with Crippen LogP contribution in [0.2, 0.25) is 4.47 Å². The molecule has 1 aliphatic rings. The molecule has 0 saturated heterocycles. The van der Waals surface area contributed by atoms with Gasteiger partial charge in [0.15, 0.2) is 0 Å². The minimum atomic E-state index is 0.564. The molecule has 2 atom stereocenters. The summed E-state index contributed by atoms with van der Waals surface area (Å²) in [4.78, 5) is 0. The molecule has 1 heterocycles. The fourth-order valence-corrected chi connectivity index (χ4v) is 2.12. The standard InChI is InChI=1S/C6H7ClN2S/c1-3-2-4(3)5-8-9-6(7)10-5/h3-4H,2H2,1H3. The molecule has 0 amide bonds. The van der Waals surface area contributed by atoms with E-state index in [1.165, 1.54) is 17.8 Å². The molecule has 2 rings (SSSR count). The van der Waals surface area contributed by atoms with E-state index in [0.29, 0.717) is 10.4 Å². The van der Waals surface area contributed by atoms with Crippen molar-refractivity contribution in [2.24, 2.45) is 5.92 Å². The van der Waals surface area contributed by atoms with Gasteiger partial charge in [0.25, 0.3) is 0 Å². The molecule has 0 N–H and O–H groups in total. The molecule has 0 radical (unpaired) electrons. The van der Waals surface area contributed by atoms with Gasteiger partial charge in [-0.2, -0.15) is 0 Å². The van der Waals surface area contributed by atoms with E-state index in [1.54, 1.807) is 0 Å². The fraction of sp³-hybridized carbons (Fsp3) is 0.667. The van der Waals surface area contributed by atoms with E-state index in [2.05, 4.69) is 17.1 Å². The summed E-state index contributed by atoms with van der Waals surface area (Å²) >= 11 is 7.13. The normalized spacial score (nSPS) is 30.6. The van der Waals surface area contributed by atoms with E-state index in [0.717, 1.165) is 10.9 Å². The monoisotopic (exact) mass is 174 g/mol. The smallest absolute Gasteiger partial charge is 0.142 e. The molecule has 1 saturated carbocycles. The highest BCUT2D eigenvalue weighted by atomic mass is 35.5. The van der Waals surface area contributed by atoms with Gasteiger partial charge in [-0.1, -0.05) is 18.3 Å². The molecule has 1 fully saturated rings. The van der Waals surface area contributed by atoms with Crippen LogP contribution in [0.1, 0.15) is 24.3 Å². The van der Waals surface area contributed by atoms with Crippen molar-refractivity contribution in [1.82, 2.24) is 10.2 Å². The Bertz CT molecular complexity index is 248. The van der Waals surface area contributed by atoms with Gasteiger partial charge in [-0.15, -0.1) is 10.2 Å². The van der Waals surface area contributed by atoms with Crippen LogP contribution in [-0.2, 0) is 0 Å². The Morgan fingerprint density at radius 2 is 2.30 bits per heavy atom. The fourth-order valence-electron chi connectivity index (χ4n) is 1.03. The Hall–Kier alpha value is -0.150. The van der Waals surface area contributed by atoms with Gasteiger partial charge in [-0.3, -0.25) is 0 Å². The lowest BCUT2D eigenvalue weighted by molar-refractivity contribution is 0.881. The van der Waals surface area contributed by atoms with Gasteiger partial charge in [0.2, 0.25) is 4.47 Å². The Morgan fingerprint density at radius 3 is 2.70 bits per heavy atom. The topological polar surface area (TPSA) is 25.8 Å². The summed E-state index contributed by atoms with van der Waals surface area (Å²) in [6.07, 6.45) is 1.26. The van der Waals surface area contributed by atoms with E-state index < -0.39 is 0 Å². The first kappa shape index (κ1) is 6.55. The van der Waals surface area contributed by atoms with Crippen LogP contribution in [-0.4, -0.2) is 10.2 Å². The molecule has 0 bridgehead atoms. The van der Waals surface area contributed by atoms with Crippen molar-refractivity contribution >= 4 is 22.9 Å². The van der Waals surface area contributed by atoms with Crippen LogP contribution in [0, 0.1) is 5.92 Å². The Balaban J connectivity index is 2.20. The van der Waals surface area contributed by atoms with Crippen LogP contribution in [0.3, 0.4) is 0 Å². The second-order valence-electron chi connectivity index (χ2n) is 2.71. The highest BCUT2D eigenvalue weighted by Gasteiger charge is 2.36. The van der Waals surface area contributed by atoms with Crippen molar-refractivity contribution < 1.29 is 0 Å². The summed E-state index contributed by atoms with van der Waals surface area (Å²) in [7, 11) is 0. The lowest BCUT2D eigenvalue weighted by Gasteiger charge is -1.82. The average molecular weight is 175 g/mol. The second kappa shape index (κ2) is 2.17. The van der Waals surface area contributed by atoms with Gasteiger partial charge in [-0.05, 0) is 23.9 Å². The van der Waals surface area contributed by atoms with Crippen molar-refractivity contribution in [2.75, 3.05) is 0 Å². The van der Waals surface area contributed by atoms with Crippen LogP contribution in [0.4, 0.5) is 0 Å². The van der Waals surface area contributed by atoms with Gasteiger partial charge in [0, 0.05) is 5.92 Å². The average Bonchev–Trinajstić information content (AvgIpc) is 2.42. The van der Waals surface area contributed by atoms with E-state index in [-0.39, 0.29) is 0 Å². The SMILES string of the molecule is CC1CC1c1nnc(Cl)s1. The molecular formula is C6H7ClN2S. The largest absolute Gasteiger partial charge is 0.207 e. The molecule has 1 aromatic heterocycles. The third-order valence-electron chi connectivity index (χ3n) is 1.84. The molecule has 0 spiro atoms. The zero-order chi connectivity index (χ0) is 7.14. The first-order valence-corrected chi connectivity index (χ1v) is 4.45. The Kier molecular flexibility index (Phi) is 1.42. The Labute approximate surface area is 68.2 Å². The summed E-state index contributed by atoms with van der Waals surface area (Å²) in [6, 6.07) is 0. The highest BCUT2D eigenvalue weighted by molar-refractivity contribution is 7.15. The number of aromatic nitrogens is 2. The third-order valence-corrected chi connectivity index (χ3v) is 2.99. The van der Waals surface area contributed by atoms with Gasteiger partial charge in [-0.25, -0.2) is 0 Å². The van der Waals surface area contributed by atoms with E-state index in [1.807, 2.05) is 0 Å². The lowest BCUT2D eigenvalue weighted by Crippen LogP contribution is -1.77. The van der Waals surface area contributed by atoms with E-state index in [9.17, 15) is 0 Å². The maximum absolute atomic E-state index is 5.62. The first-order chi connectivity index (χ1) is 4.77. The van der Waals surface area contributed by atoms with Crippen molar-refractivity contribution in [3.8, 4) is 0 Å². The molecular weight excluding hydrogens is 168 g/mol. The van der Waals surface area contributed by atoms with E-state index >= 15 is 0 Å². The van der Waals surface area contributed by atoms with Crippen molar-refractivity contribution in [2.45, 2.75) is 19.3 Å². The van der Waals surface area contributed by atoms with E-state index in [4.69, 9.17) is 11.6 Å². The third kappa shape index (κ3) is 1.04. The summed E-state index contributed by atoms with van der Waals surface area (Å²) < 4.78 is 0.564. The van der Waals surface area contributed by atoms with Gasteiger partial charge >= 0.3 is 0 Å². The molecule has 4 heteroatoms. The van der Waals surface area contributed by atoms with Crippen LogP contribution in [0.25, 0.3) is 0 Å². The molecule has 2 nitrogen and oxygen atoms in total. The molecule has 2 unspecified atom stereocenters. The quantitative estimate of drug-likeness (QED) is 0.653. The maximum atomic E-state index is 5.62. The lowest BCUT2D eigenvalue weighted by atomic mass is 10.4. The summed E-state index contributed by atoms with van der Waals surface area (Å²) in [5.74, 6) is 1.45. The molecule has 1 aromatic rings. The van der Waals surface area contributed by atoms with Crippen molar-refractivity contribution in [1.29, 1.82) is 0 Å². The molecule has 10 heavy (non-hydrogen) atoms. The van der Waals surface area contributed by atoms with Crippen LogP contribution < -0.4 is 0 Å². The van der Waals surface area contributed by atoms with Crippen LogP contribution >= 0.6 is 22.9 Å². The Morgan fingerprint density at radius 1 is 1.60 bits per heavy atom. The number of nitrogens with zero attached hydrogens (tertiary/aromatic N) is 2. The zero-order valence-corrected chi connectivity index (χ0v) is 7.11. The molecule has 1 aliphatic carbocycles. The maximum Gasteiger partial charge on any atom is 0.207 e. The molecule has 54 valence electrons. The summed E-state index contributed by atoms with van der Waals surface area (Å²) in [5.41, 5.74) is 0. The second-order valence-corrected chi connectivity index (χ2v) is 4.30. The molecule has 0 aliphatic heterocycles. The van der Waals surface area contributed by atoms with Crippen molar-refractivity contribution in [3.63, 3.8) is 0 Å². The highest BCUT2D eigenvalue weighted by Crippen LogP contribution is 2.47. The predicted octanol–water partition coefficient (Wildman–Crippen LogP) is 2.31. The summed E-state index contributed by atoms with van der Waals surface area (Å²) in [6.45, 7) is 2.22. The first-order valence-electron chi connectivity index (χ1n) is 3.26. The minimum absolute atomic E-state index is 0.564. The predicted molar refractivity (Wildman–Crippen MR) is 41.4 cm³/mol. The van der Waals surface area contributed by atoms with Gasteiger partial charge < -0.3 is 0 Å². The van der Waals surface area contributed by atoms with Crippen molar-refractivity contribution in [3.05, 3.63) is 9.47 Å². The van der Waals surface area contributed by atoms with Gasteiger partial charge in [0.1, 0.15) is 5.01 Å². The summed E-state index contributed by atoms with van der Waals surface area (Å²) in [5, 5.41) is 8.82. The number of rotatable bonds is 1. The number of hydrogen-bond acceptors (Lipinski definition) is 3. The zero-order valence-electron chi connectivity index (χ0n) is 5.54. The van der Waals surface area contributed by atoms with Crippen LogP contribution in [0.15, 0.2) is 0 Å². The van der Waals surface area contributed by atoms with Gasteiger partial charge in [0.05, 0.1) is 0 Å².